The third kappa shape index (κ3) is 2.82. The van der Waals surface area contributed by atoms with Gasteiger partial charge in [0.2, 0.25) is 0 Å². The third-order valence-corrected chi connectivity index (χ3v) is 2.57. The summed E-state index contributed by atoms with van der Waals surface area (Å²) in [6.45, 7) is 3.76. The molecule has 4 nitrogen and oxygen atoms in total. The van der Waals surface area contributed by atoms with E-state index in [1.165, 1.54) is 11.8 Å². The van der Waals surface area contributed by atoms with Crippen LogP contribution in [0.5, 0.6) is 0 Å². The van der Waals surface area contributed by atoms with Crippen LogP contribution in [-0.2, 0) is 4.74 Å². The number of aromatic nitrogens is 2. The first-order valence-electron chi connectivity index (χ1n) is 4.35. The summed E-state index contributed by atoms with van der Waals surface area (Å²) in [5, 5.41) is 0.691. The van der Waals surface area contributed by atoms with Crippen molar-refractivity contribution in [1.82, 2.24) is 9.97 Å². The number of carbonyl (C=O) groups is 1. The zero-order valence-corrected chi connectivity index (χ0v) is 10.3. The molecule has 0 aliphatic heterocycles. The molecule has 1 heterocycles. The van der Waals surface area contributed by atoms with Crippen LogP contribution in [0.4, 0.5) is 0 Å². The van der Waals surface area contributed by atoms with Crippen molar-refractivity contribution in [2.75, 3.05) is 12.9 Å². The molecule has 1 aromatic heterocycles. The maximum absolute atomic E-state index is 11.6. The summed E-state index contributed by atoms with van der Waals surface area (Å²) in [7, 11) is 0. The fourth-order valence-corrected chi connectivity index (χ4v) is 1.99. The summed E-state index contributed by atoms with van der Waals surface area (Å²) in [4.78, 5) is 19.6. The molecule has 0 N–H and O–H groups in total. The van der Waals surface area contributed by atoms with E-state index in [-0.39, 0.29) is 10.7 Å². The van der Waals surface area contributed by atoms with Crippen molar-refractivity contribution in [3.05, 3.63) is 16.5 Å². The minimum absolute atomic E-state index is 0.144. The Morgan fingerprint density at radius 3 is 2.73 bits per heavy atom. The molecule has 0 radical (unpaired) electrons. The van der Waals surface area contributed by atoms with Crippen LogP contribution in [-0.4, -0.2) is 28.8 Å². The Morgan fingerprint density at radius 1 is 1.53 bits per heavy atom. The molecular weight excluding hydrogens is 236 g/mol. The van der Waals surface area contributed by atoms with E-state index >= 15 is 0 Å². The second kappa shape index (κ2) is 5.32. The maximum Gasteiger partial charge on any atom is 0.344 e. The van der Waals surface area contributed by atoms with Crippen LogP contribution >= 0.6 is 23.4 Å². The molecule has 0 amide bonds. The van der Waals surface area contributed by atoms with Crippen LogP contribution in [0.25, 0.3) is 0 Å². The summed E-state index contributed by atoms with van der Waals surface area (Å²) in [5.41, 5.74) is 0.247. The number of halogens is 1. The molecule has 0 fully saturated rings. The van der Waals surface area contributed by atoms with Crippen molar-refractivity contribution in [2.24, 2.45) is 0 Å². The maximum atomic E-state index is 11.6. The van der Waals surface area contributed by atoms with Gasteiger partial charge < -0.3 is 4.74 Å². The van der Waals surface area contributed by atoms with Gasteiger partial charge in [-0.25, -0.2) is 14.8 Å². The first kappa shape index (κ1) is 12.3. The molecule has 0 aliphatic rings. The van der Waals surface area contributed by atoms with E-state index in [2.05, 4.69) is 9.97 Å². The highest BCUT2D eigenvalue weighted by atomic mass is 35.5. The molecular formula is C9H11ClN2O2S. The largest absolute Gasteiger partial charge is 0.462 e. The number of esters is 1. The van der Waals surface area contributed by atoms with E-state index in [4.69, 9.17) is 16.3 Å². The summed E-state index contributed by atoms with van der Waals surface area (Å²) < 4.78 is 4.87. The predicted octanol–water partition coefficient (Wildman–Crippen LogP) is 2.34. The Balaban J connectivity index is 3.20. The molecule has 1 rings (SSSR count). The summed E-state index contributed by atoms with van der Waals surface area (Å²) in [6, 6.07) is 0. The molecule has 15 heavy (non-hydrogen) atoms. The molecule has 0 saturated heterocycles. The monoisotopic (exact) mass is 246 g/mol. The molecule has 0 atom stereocenters. The zero-order chi connectivity index (χ0) is 11.4. The van der Waals surface area contributed by atoms with Crippen LogP contribution in [0, 0.1) is 6.92 Å². The van der Waals surface area contributed by atoms with Gasteiger partial charge in [-0.2, -0.15) is 0 Å². The number of carbonyl (C=O) groups excluding carboxylic acids is 1. The van der Waals surface area contributed by atoms with Crippen molar-refractivity contribution < 1.29 is 9.53 Å². The lowest BCUT2D eigenvalue weighted by atomic mass is 10.3. The van der Waals surface area contributed by atoms with Gasteiger partial charge >= 0.3 is 5.97 Å². The van der Waals surface area contributed by atoms with Crippen LogP contribution in [0.3, 0.4) is 0 Å². The van der Waals surface area contributed by atoms with Crippen molar-refractivity contribution in [3.63, 3.8) is 0 Å². The van der Waals surface area contributed by atoms with Crippen molar-refractivity contribution in [1.29, 1.82) is 0 Å². The van der Waals surface area contributed by atoms with Crippen molar-refractivity contribution in [2.45, 2.75) is 18.9 Å². The Labute approximate surface area is 97.4 Å². The minimum atomic E-state index is -0.480. The number of thioether (sulfide) groups is 1. The fourth-order valence-electron chi connectivity index (χ4n) is 1.04. The standard InChI is InChI=1S/C9H11ClN2O2S/c1-4-14-9(13)6-7(10)11-5(2)12-8(6)15-3/h4H2,1-3H3. The van der Waals surface area contributed by atoms with Gasteiger partial charge in [0.05, 0.1) is 6.61 Å². The molecule has 0 bridgehead atoms. The number of hydrogen-bond acceptors (Lipinski definition) is 5. The first-order chi connectivity index (χ1) is 7.10. The zero-order valence-electron chi connectivity index (χ0n) is 8.70. The van der Waals surface area contributed by atoms with E-state index in [9.17, 15) is 4.79 Å². The van der Waals surface area contributed by atoms with E-state index in [0.29, 0.717) is 17.5 Å². The number of rotatable bonds is 3. The Kier molecular flexibility index (Phi) is 4.35. The molecule has 0 spiro atoms. The van der Waals surface area contributed by atoms with Crippen molar-refractivity contribution >= 4 is 29.3 Å². The fraction of sp³-hybridized carbons (Fsp3) is 0.444. The molecule has 82 valence electrons. The van der Waals surface area contributed by atoms with E-state index in [0.717, 1.165) is 0 Å². The topological polar surface area (TPSA) is 52.1 Å². The van der Waals surface area contributed by atoms with Crippen LogP contribution < -0.4 is 0 Å². The van der Waals surface area contributed by atoms with E-state index < -0.39 is 5.97 Å². The average Bonchev–Trinajstić information content (AvgIpc) is 2.16. The average molecular weight is 247 g/mol. The molecule has 1 aromatic rings. The molecule has 6 heteroatoms. The summed E-state index contributed by atoms with van der Waals surface area (Å²) in [5.74, 6) is 0.0595. The van der Waals surface area contributed by atoms with Gasteiger partial charge in [0.15, 0.2) is 0 Å². The van der Waals surface area contributed by atoms with Gasteiger partial charge in [0.1, 0.15) is 21.6 Å². The van der Waals surface area contributed by atoms with Gasteiger partial charge in [0.25, 0.3) is 0 Å². The van der Waals surface area contributed by atoms with Crippen LogP contribution in [0.1, 0.15) is 23.1 Å². The molecule has 0 saturated carbocycles. The Hall–Kier alpha value is -0.810. The van der Waals surface area contributed by atoms with E-state index in [1.54, 1.807) is 13.8 Å². The SMILES string of the molecule is CCOC(=O)c1c(Cl)nc(C)nc1SC. The highest BCUT2D eigenvalue weighted by molar-refractivity contribution is 7.98. The Bertz CT molecular complexity index is 385. The molecule has 0 aliphatic carbocycles. The third-order valence-electron chi connectivity index (χ3n) is 1.62. The summed E-state index contributed by atoms with van der Waals surface area (Å²) >= 11 is 7.22. The van der Waals surface area contributed by atoms with Gasteiger partial charge in [-0.1, -0.05) is 11.6 Å². The van der Waals surface area contributed by atoms with Gasteiger partial charge in [-0.15, -0.1) is 11.8 Å². The van der Waals surface area contributed by atoms with Crippen LogP contribution in [0.15, 0.2) is 5.03 Å². The second-order valence-electron chi connectivity index (χ2n) is 2.67. The second-order valence-corrected chi connectivity index (χ2v) is 3.82. The minimum Gasteiger partial charge on any atom is -0.462 e. The van der Waals surface area contributed by atoms with Gasteiger partial charge in [-0.05, 0) is 20.1 Å². The lowest BCUT2D eigenvalue weighted by Gasteiger charge is -2.07. The molecule has 0 unspecified atom stereocenters. The smallest absolute Gasteiger partial charge is 0.344 e. The van der Waals surface area contributed by atoms with Crippen molar-refractivity contribution in [3.8, 4) is 0 Å². The number of aryl methyl sites for hydroxylation is 1. The first-order valence-corrected chi connectivity index (χ1v) is 5.95. The number of nitrogens with zero attached hydrogens (tertiary/aromatic N) is 2. The quantitative estimate of drug-likeness (QED) is 0.466. The highest BCUT2D eigenvalue weighted by Crippen LogP contribution is 2.24. The lowest BCUT2D eigenvalue weighted by molar-refractivity contribution is 0.0521. The number of hydrogen-bond donors (Lipinski definition) is 0. The molecule has 0 aromatic carbocycles. The Morgan fingerprint density at radius 2 is 2.20 bits per heavy atom. The van der Waals surface area contributed by atoms with Gasteiger partial charge in [0, 0.05) is 0 Å². The highest BCUT2D eigenvalue weighted by Gasteiger charge is 2.19. The normalized spacial score (nSPS) is 10.1. The predicted molar refractivity (Wildman–Crippen MR) is 59.5 cm³/mol. The van der Waals surface area contributed by atoms with E-state index in [1.807, 2.05) is 6.26 Å². The lowest BCUT2D eigenvalue weighted by Crippen LogP contribution is -2.10. The summed E-state index contributed by atoms with van der Waals surface area (Å²) in [6.07, 6.45) is 1.82. The van der Waals surface area contributed by atoms with Crippen LogP contribution in [0.2, 0.25) is 5.15 Å². The number of ether oxygens (including phenoxy) is 1. The van der Waals surface area contributed by atoms with Gasteiger partial charge in [-0.3, -0.25) is 0 Å².